The molecule has 2 aromatic carbocycles. The molecule has 2 aliphatic heterocycles. The predicted molar refractivity (Wildman–Crippen MR) is 145 cm³/mol. The van der Waals surface area contributed by atoms with Crippen LogP contribution < -0.4 is 14.4 Å². The monoisotopic (exact) mass is 525 g/mol. The van der Waals surface area contributed by atoms with E-state index in [1.807, 2.05) is 57.2 Å². The average Bonchev–Trinajstić information content (AvgIpc) is 2.89. The fourth-order valence-electron chi connectivity index (χ4n) is 4.65. The minimum Gasteiger partial charge on any atom is -0.492 e. The van der Waals surface area contributed by atoms with Crippen LogP contribution in [0.15, 0.2) is 48.5 Å². The normalized spacial score (nSPS) is 18.1. The van der Waals surface area contributed by atoms with E-state index in [1.54, 1.807) is 16.9 Å². The molecule has 0 bridgehead atoms. The van der Waals surface area contributed by atoms with Crippen LogP contribution in [0, 0.1) is 0 Å². The molecule has 2 heterocycles. The highest BCUT2D eigenvalue weighted by molar-refractivity contribution is 5.98. The standard InChI is InChI=1S/C29H39N3O6/c1-29(2,3)38-28(34)31-15-14-30(18-22-9-6-5-7-10-22)23(19-31)20-36-24-11-12-26-25(17-24)32(13-8-16-35-4)27(33)21-37-26/h5-7,9-12,17,23H,8,13-16,18-21H2,1-4H3. The molecule has 0 N–H and O–H groups in total. The Morgan fingerprint density at radius 1 is 1.11 bits per heavy atom. The van der Waals surface area contributed by atoms with Gasteiger partial charge in [0.25, 0.3) is 5.91 Å². The fraction of sp³-hybridized carbons (Fsp3) is 0.517. The van der Waals surface area contributed by atoms with E-state index in [-0.39, 0.29) is 24.6 Å². The molecule has 0 radical (unpaired) electrons. The molecule has 2 amide bonds. The summed E-state index contributed by atoms with van der Waals surface area (Å²) >= 11 is 0. The highest BCUT2D eigenvalue weighted by Gasteiger charge is 2.33. The second-order valence-corrected chi connectivity index (χ2v) is 10.7. The lowest BCUT2D eigenvalue weighted by molar-refractivity contribution is -0.121. The summed E-state index contributed by atoms with van der Waals surface area (Å²) in [5.74, 6) is 1.22. The van der Waals surface area contributed by atoms with Crippen molar-refractivity contribution in [3.63, 3.8) is 0 Å². The Labute approximate surface area is 225 Å². The molecule has 2 aromatic rings. The van der Waals surface area contributed by atoms with Crippen molar-refractivity contribution in [2.75, 3.05) is 58.0 Å². The molecule has 1 atom stereocenters. The van der Waals surface area contributed by atoms with Gasteiger partial charge in [-0.05, 0) is 44.9 Å². The van der Waals surface area contributed by atoms with Crippen molar-refractivity contribution in [3.05, 3.63) is 54.1 Å². The number of carbonyl (C=O) groups excluding carboxylic acids is 2. The molecule has 206 valence electrons. The Morgan fingerprint density at radius 3 is 2.63 bits per heavy atom. The summed E-state index contributed by atoms with van der Waals surface area (Å²) in [7, 11) is 1.65. The smallest absolute Gasteiger partial charge is 0.410 e. The van der Waals surface area contributed by atoms with Crippen molar-refractivity contribution in [2.45, 2.75) is 45.4 Å². The Balaban J connectivity index is 1.47. The maximum absolute atomic E-state index is 12.8. The topological polar surface area (TPSA) is 80.8 Å². The number of piperazine rings is 1. The average molecular weight is 526 g/mol. The number of hydrogen-bond acceptors (Lipinski definition) is 7. The minimum atomic E-state index is -0.554. The molecule has 1 unspecified atom stereocenters. The van der Waals surface area contributed by atoms with Gasteiger partial charge < -0.3 is 28.7 Å². The predicted octanol–water partition coefficient (Wildman–Crippen LogP) is 3.95. The lowest BCUT2D eigenvalue weighted by Gasteiger charge is -2.41. The van der Waals surface area contributed by atoms with Crippen LogP contribution in [0.1, 0.15) is 32.8 Å². The van der Waals surface area contributed by atoms with Crippen molar-refractivity contribution < 1.29 is 28.5 Å². The molecule has 9 nitrogen and oxygen atoms in total. The van der Waals surface area contributed by atoms with E-state index >= 15 is 0 Å². The summed E-state index contributed by atoms with van der Waals surface area (Å²) in [6, 6.07) is 15.8. The SMILES string of the molecule is COCCCN1C(=O)COc2ccc(OCC3CN(C(=O)OC(C)(C)C)CCN3Cc3ccccc3)cc21. The maximum Gasteiger partial charge on any atom is 0.410 e. The van der Waals surface area contributed by atoms with Gasteiger partial charge in [-0.1, -0.05) is 30.3 Å². The Morgan fingerprint density at radius 2 is 1.89 bits per heavy atom. The summed E-state index contributed by atoms with van der Waals surface area (Å²) < 4.78 is 22.7. The third kappa shape index (κ3) is 7.39. The van der Waals surface area contributed by atoms with E-state index in [0.29, 0.717) is 56.6 Å². The van der Waals surface area contributed by atoms with Crippen LogP contribution in [-0.4, -0.2) is 86.6 Å². The molecule has 0 aromatic heterocycles. The van der Waals surface area contributed by atoms with E-state index in [0.717, 1.165) is 13.0 Å². The first-order valence-electron chi connectivity index (χ1n) is 13.2. The molecular weight excluding hydrogens is 486 g/mol. The van der Waals surface area contributed by atoms with Gasteiger partial charge in [-0.25, -0.2) is 4.79 Å². The number of methoxy groups -OCH3 is 1. The summed E-state index contributed by atoms with van der Waals surface area (Å²) in [5.41, 5.74) is 1.36. The van der Waals surface area contributed by atoms with E-state index in [9.17, 15) is 9.59 Å². The number of amides is 2. The van der Waals surface area contributed by atoms with Gasteiger partial charge in [-0.3, -0.25) is 9.69 Å². The Kier molecular flexibility index (Phi) is 9.12. The van der Waals surface area contributed by atoms with Crippen LogP contribution in [0.25, 0.3) is 0 Å². The maximum atomic E-state index is 12.8. The first-order chi connectivity index (χ1) is 18.2. The fourth-order valence-corrected chi connectivity index (χ4v) is 4.65. The van der Waals surface area contributed by atoms with Crippen LogP contribution in [0.4, 0.5) is 10.5 Å². The molecule has 9 heteroatoms. The molecule has 4 rings (SSSR count). The molecule has 0 aliphatic carbocycles. The van der Waals surface area contributed by atoms with Crippen LogP contribution in [0.3, 0.4) is 0 Å². The second kappa shape index (κ2) is 12.5. The first kappa shape index (κ1) is 27.7. The zero-order chi connectivity index (χ0) is 27.1. The highest BCUT2D eigenvalue weighted by Crippen LogP contribution is 2.35. The summed E-state index contributed by atoms with van der Waals surface area (Å²) in [6.45, 7) is 9.71. The van der Waals surface area contributed by atoms with Gasteiger partial charge in [0.2, 0.25) is 0 Å². The van der Waals surface area contributed by atoms with Crippen LogP contribution in [-0.2, 0) is 20.8 Å². The number of rotatable bonds is 9. The number of ether oxygens (including phenoxy) is 4. The van der Waals surface area contributed by atoms with Crippen LogP contribution >= 0.6 is 0 Å². The van der Waals surface area contributed by atoms with Gasteiger partial charge in [0, 0.05) is 52.5 Å². The molecule has 38 heavy (non-hydrogen) atoms. The summed E-state index contributed by atoms with van der Waals surface area (Å²) in [5, 5.41) is 0. The number of benzene rings is 2. The largest absolute Gasteiger partial charge is 0.492 e. The number of nitrogens with zero attached hydrogens (tertiary/aromatic N) is 3. The number of carbonyl (C=O) groups is 2. The van der Waals surface area contributed by atoms with Gasteiger partial charge in [-0.2, -0.15) is 0 Å². The van der Waals surface area contributed by atoms with Gasteiger partial charge in [0.1, 0.15) is 23.7 Å². The van der Waals surface area contributed by atoms with Crippen molar-refractivity contribution in [2.24, 2.45) is 0 Å². The number of hydrogen-bond donors (Lipinski definition) is 0. The van der Waals surface area contributed by atoms with Gasteiger partial charge in [0.05, 0.1) is 11.7 Å². The van der Waals surface area contributed by atoms with Crippen LogP contribution in [0.5, 0.6) is 11.5 Å². The third-order valence-corrected chi connectivity index (χ3v) is 6.53. The molecule has 1 fully saturated rings. The number of fused-ring (bicyclic) bond motifs is 1. The van der Waals surface area contributed by atoms with Crippen molar-refractivity contribution in [3.8, 4) is 11.5 Å². The van der Waals surface area contributed by atoms with Crippen molar-refractivity contribution >= 4 is 17.7 Å². The van der Waals surface area contributed by atoms with E-state index < -0.39 is 5.60 Å². The highest BCUT2D eigenvalue weighted by atomic mass is 16.6. The molecule has 1 saturated heterocycles. The zero-order valence-electron chi connectivity index (χ0n) is 22.9. The van der Waals surface area contributed by atoms with E-state index in [4.69, 9.17) is 18.9 Å². The Hall–Kier alpha value is -3.30. The Bertz CT molecular complexity index is 1090. The quantitative estimate of drug-likeness (QED) is 0.459. The van der Waals surface area contributed by atoms with Gasteiger partial charge >= 0.3 is 6.09 Å². The molecule has 0 spiro atoms. The second-order valence-electron chi connectivity index (χ2n) is 10.7. The zero-order valence-corrected chi connectivity index (χ0v) is 22.9. The molecular formula is C29H39N3O6. The van der Waals surface area contributed by atoms with Gasteiger partial charge in [0.15, 0.2) is 6.61 Å². The lowest BCUT2D eigenvalue weighted by Crippen LogP contribution is -2.57. The summed E-state index contributed by atoms with van der Waals surface area (Å²) in [6.07, 6.45) is 0.419. The van der Waals surface area contributed by atoms with Crippen LogP contribution in [0.2, 0.25) is 0 Å². The number of anilines is 1. The third-order valence-electron chi connectivity index (χ3n) is 6.53. The van der Waals surface area contributed by atoms with E-state index in [2.05, 4.69) is 17.0 Å². The summed E-state index contributed by atoms with van der Waals surface area (Å²) in [4.78, 5) is 31.2. The molecule has 2 aliphatic rings. The van der Waals surface area contributed by atoms with E-state index in [1.165, 1.54) is 5.56 Å². The lowest BCUT2D eigenvalue weighted by atomic mass is 10.1. The minimum absolute atomic E-state index is 0.0250. The van der Waals surface area contributed by atoms with Crippen molar-refractivity contribution in [1.29, 1.82) is 0 Å². The van der Waals surface area contributed by atoms with Crippen molar-refractivity contribution in [1.82, 2.24) is 9.80 Å². The van der Waals surface area contributed by atoms with Gasteiger partial charge in [-0.15, -0.1) is 0 Å². The first-order valence-corrected chi connectivity index (χ1v) is 13.2. The molecule has 0 saturated carbocycles.